The van der Waals surface area contributed by atoms with Crippen LogP contribution in [-0.4, -0.2) is 54.5 Å². The van der Waals surface area contributed by atoms with E-state index in [1.165, 1.54) is 0 Å². The van der Waals surface area contributed by atoms with Gasteiger partial charge in [0.25, 0.3) is 5.91 Å². The summed E-state index contributed by atoms with van der Waals surface area (Å²) in [5.41, 5.74) is 6.14. The van der Waals surface area contributed by atoms with Gasteiger partial charge in [0.2, 0.25) is 0 Å². The second-order valence-corrected chi connectivity index (χ2v) is 9.52. The SMILES string of the molecule is Cn1cc(-c2ccc(Cc3cc4c(c5ncccc35)NCN([C@H]3CCCC[C@@H]3O)C4=O)cn2)cn1. The van der Waals surface area contributed by atoms with Crippen LogP contribution in [0.1, 0.15) is 47.2 Å². The van der Waals surface area contributed by atoms with Crippen molar-refractivity contribution in [2.75, 3.05) is 12.0 Å². The van der Waals surface area contributed by atoms with Gasteiger partial charge in [0, 0.05) is 36.6 Å². The number of aromatic nitrogens is 4. The van der Waals surface area contributed by atoms with E-state index in [0.717, 1.165) is 64.7 Å². The topological polar surface area (TPSA) is 96.2 Å². The lowest BCUT2D eigenvalue weighted by Crippen LogP contribution is -2.52. The molecule has 1 aliphatic carbocycles. The van der Waals surface area contributed by atoms with Crippen LogP contribution in [0.3, 0.4) is 0 Å². The normalized spacial score (nSPS) is 20.1. The first-order valence-electron chi connectivity index (χ1n) is 12.2. The zero-order valence-corrected chi connectivity index (χ0v) is 19.7. The predicted octanol–water partition coefficient (Wildman–Crippen LogP) is 3.75. The van der Waals surface area contributed by atoms with Crippen LogP contribution in [0.25, 0.3) is 22.2 Å². The molecule has 1 fully saturated rings. The Bertz CT molecular complexity index is 1400. The van der Waals surface area contributed by atoms with Gasteiger partial charge in [-0.3, -0.25) is 19.4 Å². The number of rotatable bonds is 4. The van der Waals surface area contributed by atoms with Crippen LogP contribution in [0.4, 0.5) is 5.69 Å². The Morgan fingerprint density at radius 3 is 2.80 bits per heavy atom. The molecule has 2 aliphatic rings. The van der Waals surface area contributed by atoms with Crippen LogP contribution in [-0.2, 0) is 13.5 Å². The number of amides is 1. The first kappa shape index (κ1) is 21.7. The molecule has 1 aliphatic heterocycles. The summed E-state index contributed by atoms with van der Waals surface area (Å²) in [5.74, 6) is -0.0384. The maximum atomic E-state index is 13.6. The molecule has 4 heterocycles. The summed E-state index contributed by atoms with van der Waals surface area (Å²) in [5, 5.41) is 19.2. The molecule has 1 aromatic carbocycles. The number of anilines is 1. The second kappa shape index (κ2) is 8.78. The Morgan fingerprint density at radius 1 is 1.14 bits per heavy atom. The van der Waals surface area contributed by atoms with Crippen LogP contribution >= 0.6 is 0 Å². The number of pyridine rings is 2. The van der Waals surface area contributed by atoms with E-state index in [2.05, 4.69) is 32.5 Å². The lowest BCUT2D eigenvalue weighted by molar-refractivity contribution is 0.0192. The van der Waals surface area contributed by atoms with Crippen LogP contribution < -0.4 is 5.32 Å². The number of carbonyl (C=O) groups is 1. The first-order chi connectivity index (χ1) is 17.1. The summed E-state index contributed by atoms with van der Waals surface area (Å²) in [6.45, 7) is 0.387. The monoisotopic (exact) mass is 468 g/mol. The number of aryl methyl sites for hydroxylation is 1. The van der Waals surface area contributed by atoms with Crippen molar-refractivity contribution in [3.8, 4) is 11.3 Å². The van der Waals surface area contributed by atoms with Crippen molar-refractivity contribution in [3.05, 3.63) is 71.8 Å². The number of nitrogens with one attached hydrogen (secondary N) is 1. The molecule has 178 valence electrons. The molecule has 1 amide bonds. The fourth-order valence-corrected chi connectivity index (χ4v) is 5.40. The molecule has 2 atom stereocenters. The molecular formula is C27H28N6O2. The van der Waals surface area contributed by atoms with Crippen molar-refractivity contribution in [1.29, 1.82) is 0 Å². The molecule has 0 unspecified atom stereocenters. The van der Waals surface area contributed by atoms with Crippen molar-refractivity contribution in [2.24, 2.45) is 7.05 Å². The van der Waals surface area contributed by atoms with Gasteiger partial charge in [-0.2, -0.15) is 5.10 Å². The molecule has 0 radical (unpaired) electrons. The van der Waals surface area contributed by atoms with Crippen molar-refractivity contribution in [3.63, 3.8) is 0 Å². The largest absolute Gasteiger partial charge is 0.391 e. The van der Waals surface area contributed by atoms with E-state index >= 15 is 0 Å². The van der Waals surface area contributed by atoms with E-state index in [9.17, 15) is 9.90 Å². The van der Waals surface area contributed by atoms with Crippen LogP contribution in [0.2, 0.25) is 0 Å². The van der Waals surface area contributed by atoms with Gasteiger partial charge in [-0.25, -0.2) is 0 Å². The molecule has 6 rings (SSSR count). The molecule has 3 aromatic heterocycles. The van der Waals surface area contributed by atoms with E-state index in [0.29, 0.717) is 18.7 Å². The molecule has 35 heavy (non-hydrogen) atoms. The van der Waals surface area contributed by atoms with Gasteiger partial charge in [-0.05, 0) is 48.6 Å². The molecule has 0 bridgehead atoms. The second-order valence-electron chi connectivity index (χ2n) is 9.52. The molecule has 8 nitrogen and oxygen atoms in total. The van der Waals surface area contributed by atoms with E-state index < -0.39 is 6.10 Å². The molecule has 8 heteroatoms. The lowest BCUT2D eigenvalue weighted by atomic mass is 9.90. The highest BCUT2D eigenvalue weighted by Crippen LogP contribution is 2.35. The summed E-state index contributed by atoms with van der Waals surface area (Å²) in [7, 11) is 1.89. The number of nitrogens with zero attached hydrogens (tertiary/aromatic N) is 5. The molecular weight excluding hydrogens is 440 g/mol. The summed E-state index contributed by atoms with van der Waals surface area (Å²) in [4.78, 5) is 24.7. The lowest BCUT2D eigenvalue weighted by Gasteiger charge is -2.40. The summed E-state index contributed by atoms with van der Waals surface area (Å²) >= 11 is 0. The van der Waals surface area contributed by atoms with E-state index in [-0.39, 0.29) is 11.9 Å². The molecule has 0 saturated heterocycles. The fourth-order valence-electron chi connectivity index (χ4n) is 5.40. The minimum atomic E-state index is -0.474. The van der Waals surface area contributed by atoms with E-state index in [1.54, 1.807) is 22.0 Å². The van der Waals surface area contributed by atoms with Crippen molar-refractivity contribution >= 4 is 22.5 Å². The number of carbonyl (C=O) groups excluding carboxylic acids is 1. The summed E-state index contributed by atoms with van der Waals surface area (Å²) < 4.78 is 1.76. The average Bonchev–Trinajstić information content (AvgIpc) is 3.32. The van der Waals surface area contributed by atoms with Gasteiger partial charge >= 0.3 is 0 Å². The third kappa shape index (κ3) is 3.93. The Balaban J connectivity index is 1.35. The van der Waals surface area contributed by atoms with E-state index in [4.69, 9.17) is 0 Å². The van der Waals surface area contributed by atoms with Gasteiger partial charge in [0.15, 0.2) is 0 Å². The van der Waals surface area contributed by atoms with Crippen molar-refractivity contribution in [2.45, 2.75) is 44.2 Å². The highest BCUT2D eigenvalue weighted by Gasteiger charge is 2.36. The maximum absolute atomic E-state index is 13.6. The average molecular weight is 469 g/mol. The maximum Gasteiger partial charge on any atom is 0.257 e. The Morgan fingerprint density at radius 2 is 2.03 bits per heavy atom. The van der Waals surface area contributed by atoms with E-state index in [1.807, 2.05) is 37.6 Å². The molecule has 0 spiro atoms. The fraction of sp³-hybridized carbons (Fsp3) is 0.333. The number of fused-ring (bicyclic) bond motifs is 3. The van der Waals surface area contributed by atoms with Crippen LogP contribution in [0.5, 0.6) is 0 Å². The highest BCUT2D eigenvalue weighted by molar-refractivity contribution is 6.09. The quantitative estimate of drug-likeness (QED) is 0.474. The zero-order chi connectivity index (χ0) is 23.9. The number of aliphatic hydroxyl groups excluding tert-OH is 1. The number of hydrogen-bond acceptors (Lipinski definition) is 6. The van der Waals surface area contributed by atoms with Gasteiger partial charge in [0.1, 0.15) is 0 Å². The number of hydrogen-bond donors (Lipinski definition) is 2. The summed E-state index contributed by atoms with van der Waals surface area (Å²) in [6.07, 6.45) is 11.2. The molecule has 2 N–H and O–H groups in total. The molecule has 4 aromatic rings. The Kier molecular flexibility index (Phi) is 5.45. The van der Waals surface area contributed by atoms with Crippen molar-refractivity contribution < 1.29 is 9.90 Å². The van der Waals surface area contributed by atoms with Crippen LogP contribution in [0.15, 0.2) is 55.1 Å². The number of aliphatic hydroxyl groups is 1. The molecule has 1 saturated carbocycles. The van der Waals surface area contributed by atoms with Gasteiger partial charge < -0.3 is 15.3 Å². The van der Waals surface area contributed by atoms with Gasteiger partial charge in [-0.15, -0.1) is 0 Å². The van der Waals surface area contributed by atoms with Crippen LogP contribution in [0, 0.1) is 0 Å². The standard InChI is InChI=1S/C27H28N6O2/c1-32-15-19(14-31-32)22-9-8-17(13-29-22)11-18-12-21-26(25-20(18)5-4-10-28-25)30-16-33(27(21)35)23-6-2-3-7-24(23)34/h4-5,8-10,12-15,23-24,30,34H,2-3,6-7,11,16H2,1H3/t23-,24-/m0/s1. The Hall–Kier alpha value is -3.78. The third-order valence-electron chi connectivity index (χ3n) is 7.21. The highest BCUT2D eigenvalue weighted by atomic mass is 16.3. The summed E-state index contributed by atoms with van der Waals surface area (Å²) in [6, 6.07) is 9.90. The smallest absolute Gasteiger partial charge is 0.257 e. The number of benzene rings is 1. The zero-order valence-electron chi connectivity index (χ0n) is 19.7. The first-order valence-corrected chi connectivity index (χ1v) is 12.2. The predicted molar refractivity (Wildman–Crippen MR) is 134 cm³/mol. The van der Waals surface area contributed by atoms with Gasteiger partial charge in [-0.1, -0.05) is 25.0 Å². The minimum absolute atomic E-state index is 0.0384. The Labute approximate surface area is 203 Å². The van der Waals surface area contributed by atoms with Crippen molar-refractivity contribution in [1.82, 2.24) is 24.6 Å². The minimum Gasteiger partial charge on any atom is -0.391 e. The van der Waals surface area contributed by atoms with Gasteiger partial charge in [0.05, 0.1) is 47.5 Å². The third-order valence-corrected chi connectivity index (χ3v) is 7.21.